The Hall–Kier alpha value is -4.17. The average molecular weight is 1040 g/mol. The third-order valence-electron chi connectivity index (χ3n) is 12.1. The molecule has 2 aromatic carbocycles. The molecule has 0 bridgehead atoms. The summed E-state index contributed by atoms with van der Waals surface area (Å²) in [5.74, 6) is -1.39. The molecule has 2 atom stereocenters. The van der Waals surface area contributed by atoms with Crippen LogP contribution in [0.2, 0.25) is 0 Å². The summed E-state index contributed by atoms with van der Waals surface area (Å²) in [5, 5.41) is 9.20. The molecule has 19 nitrogen and oxygen atoms in total. The van der Waals surface area contributed by atoms with E-state index in [-0.39, 0.29) is 35.7 Å². The predicted molar refractivity (Wildman–Crippen MR) is 263 cm³/mol. The van der Waals surface area contributed by atoms with E-state index < -0.39 is 52.9 Å². The summed E-state index contributed by atoms with van der Waals surface area (Å²) in [7, 11) is -10.3. The van der Waals surface area contributed by atoms with Crippen LogP contribution in [0.4, 0.5) is 11.4 Å². The average Bonchev–Trinajstić information content (AvgIpc) is 3.66. The maximum absolute atomic E-state index is 12.4. The molecule has 70 heavy (non-hydrogen) atoms. The van der Waals surface area contributed by atoms with E-state index in [1.165, 1.54) is 24.3 Å². The number of anilines is 1. The minimum absolute atomic E-state index is 0.0379. The van der Waals surface area contributed by atoms with E-state index in [1.807, 2.05) is 43.1 Å². The second kappa shape index (κ2) is 27.6. The summed E-state index contributed by atoms with van der Waals surface area (Å²) in [6.45, 7) is 8.54. The number of methoxy groups -OCH3 is 2. The van der Waals surface area contributed by atoms with Crippen LogP contribution in [0.5, 0.6) is 0 Å². The van der Waals surface area contributed by atoms with E-state index >= 15 is 0 Å². The Labute approximate surface area is 412 Å². The lowest BCUT2D eigenvalue weighted by Gasteiger charge is -2.30. The highest BCUT2D eigenvalue weighted by atomic mass is 32.2. The van der Waals surface area contributed by atoms with Crippen molar-refractivity contribution in [2.75, 3.05) is 104 Å². The third-order valence-corrected chi connectivity index (χ3v) is 14.6. The van der Waals surface area contributed by atoms with Crippen molar-refractivity contribution in [1.29, 1.82) is 0 Å². The van der Waals surface area contributed by atoms with Crippen molar-refractivity contribution < 1.29 is 81.8 Å². The Morgan fingerprint density at radius 3 is 1.79 bits per heavy atom. The number of aliphatic carboxylic acids is 1. The van der Waals surface area contributed by atoms with Crippen molar-refractivity contribution in [1.82, 2.24) is 0 Å². The molecule has 2 unspecified atom stereocenters. The number of hydrogen-bond donors (Lipinski definition) is 4. The maximum Gasteiger partial charge on any atom is 0.303 e. The van der Waals surface area contributed by atoms with Gasteiger partial charge in [-0.05, 0) is 87.9 Å². The first-order valence-electron chi connectivity index (χ1n) is 23.0. The Kier molecular flexibility index (Phi) is 23.0. The normalized spacial score (nSPS) is 19.2. The molecule has 0 spiro atoms. The van der Waals surface area contributed by atoms with Crippen molar-refractivity contribution in [3.8, 4) is 0 Å². The van der Waals surface area contributed by atoms with E-state index in [9.17, 15) is 48.8 Å². The summed E-state index contributed by atoms with van der Waals surface area (Å²) in [4.78, 5) is 12.6. The van der Waals surface area contributed by atoms with Gasteiger partial charge < -0.3 is 38.4 Å². The number of carbonyl (C=O) groups is 1. The standard InChI is InChI=1S/C48H68N2O17S3/c1-47(21-13-35-68(53,54)55)40-36-38(69(56,57)58)18-20-43(40)50(24-26-62-3)44(47)14-9-6-5-7-10-15-45-48(2,22-25-64-29-30-66-33-34-67-32-31-65-28-27-63-4)41-37-39(70(59,60)61)17-19-42(41)49(45)23-12-8-11-16-46(51)52/h5-7,9-10,14-15,17-20,36-37H,8,11-13,16,21-35H2,1-4H3,(H3-,51,52,53,54,55,56,57,58,59,60,61)/p+1. The minimum Gasteiger partial charge on any atom is -0.481 e. The molecular formula is C48H69N2O17S3+. The van der Waals surface area contributed by atoms with Gasteiger partial charge in [-0.3, -0.25) is 18.5 Å². The van der Waals surface area contributed by atoms with Crippen molar-refractivity contribution in [2.45, 2.75) is 79.4 Å². The van der Waals surface area contributed by atoms with Gasteiger partial charge in [0.2, 0.25) is 5.69 Å². The molecule has 2 aliphatic rings. The first-order valence-corrected chi connectivity index (χ1v) is 27.5. The van der Waals surface area contributed by atoms with Crippen LogP contribution in [0.25, 0.3) is 0 Å². The van der Waals surface area contributed by atoms with Crippen LogP contribution in [-0.2, 0) is 74.4 Å². The minimum atomic E-state index is -4.57. The van der Waals surface area contributed by atoms with Gasteiger partial charge in [0.05, 0.1) is 80.4 Å². The summed E-state index contributed by atoms with van der Waals surface area (Å²) >= 11 is 0. The molecule has 4 N–H and O–H groups in total. The summed E-state index contributed by atoms with van der Waals surface area (Å²) in [6.07, 6.45) is 15.3. The van der Waals surface area contributed by atoms with Crippen LogP contribution >= 0.6 is 0 Å². The highest BCUT2D eigenvalue weighted by Gasteiger charge is 2.48. The summed E-state index contributed by atoms with van der Waals surface area (Å²) in [6, 6.07) is 8.78. The molecule has 2 heterocycles. The number of carboxylic acids is 1. The molecule has 0 amide bonds. The maximum atomic E-state index is 12.4. The van der Waals surface area contributed by atoms with Crippen molar-refractivity contribution in [3.05, 3.63) is 95.8 Å². The lowest BCUT2D eigenvalue weighted by atomic mass is 9.76. The number of carboxylic acid groups (broad SMARTS) is 1. The third kappa shape index (κ3) is 17.3. The van der Waals surface area contributed by atoms with Gasteiger partial charge in [-0.25, -0.2) is 0 Å². The van der Waals surface area contributed by atoms with Gasteiger partial charge >= 0.3 is 5.97 Å². The zero-order valence-corrected chi connectivity index (χ0v) is 42.8. The van der Waals surface area contributed by atoms with Gasteiger partial charge in [-0.2, -0.15) is 29.8 Å². The van der Waals surface area contributed by atoms with Gasteiger partial charge in [0.25, 0.3) is 30.4 Å². The first-order chi connectivity index (χ1) is 33.2. The number of fused-ring (bicyclic) bond motifs is 2. The Morgan fingerprint density at radius 1 is 0.643 bits per heavy atom. The van der Waals surface area contributed by atoms with Crippen LogP contribution in [0.3, 0.4) is 0 Å². The lowest BCUT2D eigenvalue weighted by Crippen LogP contribution is -2.33. The molecule has 22 heteroatoms. The molecule has 2 aliphatic heterocycles. The fourth-order valence-electron chi connectivity index (χ4n) is 8.57. The Bertz CT molecular complexity index is 2560. The van der Waals surface area contributed by atoms with Gasteiger partial charge in [-0.15, -0.1) is 0 Å². The highest BCUT2D eigenvalue weighted by molar-refractivity contribution is 7.86. The monoisotopic (exact) mass is 1040 g/mol. The molecule has 0 aliphatic carbocycles. The van der Waals surface area contributed by atoms with Gasteiger partial charge in [0.15, 0.2) is 5.71 Å². The van der Waals surface area contributed by atoms with Crippen LogP contribution in [0, 0.1) is 0 Å². The second-order valence-electron chi connectivity index (χ2n) is 17.1. The second-order valence-corrected chi connectivity index (χ2v) is 21.5. The molecule has 0 fully saturated rings. The Morgan fingerprint density at radius 2 is 1.20 bits per heavy atom. The van der Waals surface area contributed by atoms with Crippen LogP contribution in [-0.4, -0.2) is 159 Å². The number of rotatable bonds is 34. The van der Waals surface area contributed by atoms with E-state index in [4.69, 9.17) is 28.4 Å². The fraction of sp³-hybridized carbons (Fsp3) is 0.542. The van der Waals surface area contributed by atoms with Crippen LogP contribution in [0.15, 0.2) is 94.4 Å². The fourth-order valence-corrected chi connectivity index (χ4v) is 10.1. The topological polar surface area (TPSA) is 262 Å². The molecule has 2 aromatic rings. The van der Waals surface area contributed by atoms with Gasteiger partial charge in [0.1, 0.15) is 6.54 Å². The van der Waals surface area contributed by atoms with Crippen molar-refractivity contribution in [3.63, 3.8) is 0 Å². The molecule has 0 saturated carbocycles. The molecule has 390 valence electrons. The number of hydrogen-bond acceptors (Lipinski definition) is 14. The zero-order chi connectivity index (χ0) is 51.4. The molecule has 0 saturated heterocycles. The predicted octanol–water partition coefficient (Wildman–Crippen LogP) is 5.93. The highest BCUT2D eigenvalue weighted by Crippen LogP contribution is 2.51. The SMILES string of the molecule is COCCOCCOCCOCCOCCC1(C)C(/C=C/C=C/C=C/C=C2/N(CCOC)c3ccc(S(=O)(=O)O)cc3C2(C)CCCS(=O)(=O)O)=[N+](CCCCCC(=O)O)c2ccc(S(=O)(=O)O)cc21. The molecule has 0 aromatic heterocycles. The van der Waals surface area contributed by atoms with Gasteiger partial charge in [-0.1, -0.05) is 30.4 Å². The largest absolute Gasteiger partial charge is 0.481 e. The zero-order valence-electron chi connectivity index (χ0n) is 40.4. The smallest absolute Gasteiger partial charge is 0.303 e. The van der Waals surface area contributed by atoms with Crippen molar-refractivity contribution in [2.24, 2.45) is 0 Å². The first kappa shape index (κ1) is 58.4. The molecule has 4 rings (SSSR count). The van der Waals surface area contributed by atoms with E-state index in [1.54, 1.807) is 44.6 Å². The number of nitrogens with zero attached hydrogens (tertiary/aromatic N) is 2. The number of benzene rings is 2. The molecular weight excluding hydrogens is 973 g/mol. The number of ether oxygens (including phenoxy) is 6. The van der Waals surface area contributed by atoms with Crippen molar-refractivity contribution >= 4 is 53.4 Å². The van der Waals surface area contributed by atoms with Crippen LogP contribution in [0.1, 0.15) is 69.9 Å². The Balaban J connectivity index is 1.60. The quantitative estimate of drug-likeness (QED) is 0.0274. The van der Waals surface area contributed by atoms with E-state index in [0.717, 1.165) is 11.4 Å². The number of allylic oxidation sites excluding steroid dienone is 8. The van der Waals surface area contributed by atoms with Gasteiger partial charge in [0, 0.05) is 74.7 Å². The van der Waals surface area contributed by atoms with E-state index in [2.05, 4.69) is 4.58 Å². The lowest BCUT2D eigenvalue weighted by molar-refractivity contribution is -0.438. The molecule has 0 radical (unpaired) electrons. The summed E-state index contributed by atoms with van der Waals surface area (Å²) < 4.78 is 137. The van der Waals surface area contributed by atoms with E-state index in [0.29, 0.717) is 121 Å². The number of unbranched alkanes of at least 4 members (excludes halogenated alkanes) is 2. The summed E-state index contributed by atoms with van der Waals surface area (Å²) in [5.41, 5.74) is 2.41. The van der Waals surface area contributed by atoms with Crippen LogP contribution < -0.4 is 4.90 Å².